The second kappa shape index (κ2) is 7.10. The van der Waals surface area contributed by atoms with Crippen molar-refractivity contribution in [3.8, 4) is 0 Å². The monoisotopic (exact) mass is 410 g/mol. The smallest absolute Gasteiger partial charge is 0.246 e. The number of nitrogens with zero attached hydrogens (tertiary/aromatic N) is 4. The number of hydrogen-bond acceptors (Lipinski definition) is 6. The van der Waals surface area contributed by atoms with E-state index >= 15 is 0 Å². The topological polar surface area (TPSA) is 66.4 Å². The van der Waals surface area contributed by atoms with E-state index in [1.54, 1.807) is 6.20 Å². The largest absolute Gasteiger partial charge is 0.347 e. The Kier molecular flexibility index (Phi) is 4.79. The quantitative estimate of drug-likeness (QED) is 0.664. The molecule has 0 saturated carbocycles. The summed E-state index contributed by atoms with van der Waals surface area (Å²) in [6.45, 7) is 1.53. The Morgan fingerprint density at radius 1 is 1.07 bits per heavy atom. The zero-order valence-electron chi connectivity index (χ0n) is 14.2. The summed E-state index contributed by atoms with van der Waals surface area (Å²) >= 11 is 1.46. The third-order valence-corrected chi connectivity index (χ3v) is 7.36. The summed E-state index contributed by atoms with van der Waals surface area (Å²) in [6.07, 6.45) is 2.28. The van der Waals surface area contributed by atoms with Crippen LogP contribution in [0.15, 0.2) is 41.4 Å². The molecule has 142 valence electrons. The predicted molar refractivity (Wildman–Crippen MR) is 99.4 cm³/mol. The fourth-order valence-electron chi connectivity index (χ4n) is 3.04. The average molecular weight is 410 g/mol. The van der Waals surface area contributed by atoms with E-state index in [9.17, 15) is 17.2 Å². The maximum atomic E-state index is 14.0. The lowest BCUT2D eigenvalue weighted by Crippen LogP contribution is -2.35. The number of hydrogen-bond donors (Lipinski definition) is 0. The van der Waals surface area contributed by atoms with E-state index in [2.05, 4.69) is 9.97 Å². The van der Waals surface area contributed by atoms with Crippen LogP contribution in [0.4, 0.5) is 13.9 Å². The van der Waals surface area contributed by atoms with Crippen molar-refractivity contribution < 1.29 is 17.2 Å². The second-order valence-electron chi connectivity index (χ2n) is 6.14. The molecule has 10 heteroatoms. The maximum absolute atomic E-state index is 14.0. The first-order valence-electron chi connectivity index (χ1n) is 8.37. The van der Waals surface area contributed by atoms with Gasteiger partial charge in [0.25, 0.3) is 0 Å². The molecule has 3 aromatic rings. The van der Waals surface area contributed by atoms with Gasteiger partial charge in [-0.1, -0.05) is 11.3 Å². The third kappa shape index (κ3) is 3.52. The first-order chi connectivity index (χ1) is 12.9. The zero-order valence-corrected chi connectivity index (χ0v) is 15.8. The molecule has 1 aliphatic rings. The Balaban J connectivity index is 1.55. The van der Waals surface area contributed by atoms with E-state index in [-0.39, 0.29) is 13.1 Å². The van der Waals surface area contributed by atoms with Crippen LogP contribution >= 0.6 is 11.3 Å². The predicted octanol–water partition coefficient (Wildman–Crippen LogP) is 2.87. The van der Waals surface area contributed by atoms with Crippen molar-refractivity contribution in [3.05, 3.63) is 48.2 Å². The molecule has 1 fully saturated rings. The molecule has 3 heterocycles. The Hall–Kier alpha value is -2.17. The highest BCUT2D eigenvalue weighted by Gasteiger charge is 2.30. The number of sulfonamides is 1. The van der Waals surface area contributed by atoms with E-state index in [4.69, 9.17) is 0 Å². The van der Waals surface area contributed by atoms with Crippen LogP contribution in [-0.2, 0) is 10.0 Å². The molecular formula is C17H16F2N4O2S2. The van der Waals surface area contributed by atoms with Crippen molar-refractivity contribution in [1.29, 1.82) is 0 Å². The van der Waals surface area contributed by atoms with E-state index in [1.165, 1.54) is 15.6 Å². The van der Waals surface area contributed by atoms with E-state index in [0.717, 1.165) is 27.6 Å². The molecular weight excluding hydrogens is 394 g/mol. The fraction of sp³-hybridized carbons (Fsp3) is 0.294. The molecule has 27 heavy (non-hydrogen) atoms. The van der Waals surface area contributed by atoms with Gasteiger partial charge in [-0.3, -0.25) is 0 Å². The molecule has 0 spiro atoms. The molecule has 0 N–H and O–H groups in total. The van der Waals surface area contributed by atoms with Crippen LogP contribution in [0.1, 0.15) is 6.42 Å². The highest BCUT2D eigenvalue weighted by Crippen LogP contribution is 2.28. The van der Waals surface area contributed by atoms with Crippen LogP contribution in [0, 0.1) is 11.6 Å². The Labute approximate surface area is 159 Å². The number of pyridine rings is 1. The van der Waals surface area contributed by atoms with Crippen LogP contribution in [0.25, 0.3) is 10.3 Å². The van der Waals surface area contributed by atoms with Gasteiger partial charge in [-0.25, -0.2) is 27.2 Å². The summed E-state index contributed by atoms with van der Waals surface area (Å²) < 4.78 is 53.9. The number of halogens is 2. The van der Waals surface area contributed by atoms with Gasteiger partial charge in [0.2, 0.25) is 10.0 Å². The summed E-state index contributed by atoms with van der Waals surface area (Å²) in [7, 11) is -4.03. The number of anilines is 1. The molecule has 0 atom stereocenters. The Morgan fingerprint density at radius 3 is 2.70 bits per heavy atom. The lowest BCUT2D eigenvalue weighted by Gasteiger charge is -2.21. The summed E-state index contributed by atoms with van der Waals surface area (Å²) in [4.78, 5) is 11.2. The molecule has 2 aromatic heterocycles. The lowest BCUT2D eigenvalue weighted by molar-refractivity contribution is 0.428. The van der Waals surface area contributed by atoms with Gasteiger partial charge >= 0.3 is 0 Å². The number of thiazole rings is 1. The van der Waals surface area contributed by atoms with Crippen molar-refractivity contribution >= 4 is 36.8 Å². The molecule has 0 aliphatic carbocycles. The van der Waals surface area contributed by atoms with Crippen molar-refractivity contribution in [2.24, 2.45) is 0 Å². The van der Waals surface area contributed by atoms with Crippen molar-refractivity contribution in [2.45, 2.75) is 11.3 Å². The van der Waals surface area contributed by atoms with Gasteiger partial charge in [0, 0.05) is 38.4 Å². The van der Waals surface area contributed by atoms with E-state index in [0.29, 0.717) is 25.6 Å². The van der Waals surface area contributed by atoms with Gasteiger partial charge in [0.1, 0.15) is 26.9 Å². The van der Waals surface area contributed by atoms with Crippen molar-refractivity contribution in [3.63, 3.8) is 0 Å². The Morgan fingerprint density at radius 2 is 1.93 bits per heavy atom. The first-order valence-corrected chi connectivity index (χ1v) is 10.6. The summed E-state index contributed by atoms with van der Waals surface area (Å²) in [6, 6.07) is 6.22. The number of rotatable bonds is 3. The summed E-state index contributed by atoms with van der Waals surface area (Å²) in [5.41, 5.74) is 0.805. The summed E-state index contributed by atoms with van der Waals surface area (Å²) in [5, 5.41) is 0.788. The molecule has 1 aliphatic heterocycles. The molecule has 4 rings (SSSR count). The fourth-order valence-corrected chi connectivity index (χ4v) is 5.52. The minimum Gasteiger partial charge on any atom is -0.347 e. The van der Waals surface area contributed by atoms with Crippen LogP contribution < -0.4 is 4.90 Å². The Bertz CT molecular complexity index is 1050. The van der Waals surface area contributed by atoms with Gasteiger partial charge in [-0.05, 0) is 30.7 Å². The average Bonchev–Trinajstić information content (AvgIpc) is 2.89. The minimum absolute atomic E-state index is 0.197. The SMILES string of the molecule is O=S(=O)(c1ccc(F)cc1F)N1CCCN(c2nc3cccnc3s2)CC1. The molecule has 6 nitrogen and oxygen atoms in total. The molecule has 1 saturated heterocycles. The van der Waals surface area contributed by atoms with Gasteiger partial charge in [-0.2, -0.15) is 4.31 Å². The standard InChI is InChI=1S/C17H16F2N4O2S2/c18-12-4-5-15(13(19)11-12)27(24,25)23-8-2-7-22(9-10-23)17-21-14-3-1-6-20-16(14)26-17/h1,3-6,11H,2,7-10H2. The normalized spacial score (nSPS) is 16.6. The van der Waals surface area contributed by atoms with Gasteiger partial charge in [0.15, 0.2) is 5.13 Å². The molecule has 1 aromatic carbocycles. The van der Waals surface area contributed by atoms with Gasteiger partial charge in [0.05, 0.1) is 0 Å². The van der Waals surface area contributed by atoms with E-state index in [1.807, 2.05) is 17.0 Å². The number of fused-ring (bicyclic) bond motifs is 1. The molecule has 0 amide bonds. The number of benzene rings is 1. The van der Waals surface area contributed by atoms with E-state index < -0.39 is 26.6 Å². The van der Waals surface area contributed by atoms with Crippen LogP contribution in [-0.4, -0.2) is 48.9 Å². The van der Waals surface area contributed by atoms with Gasteiger partial charge in [-0.15, -0.1) is 0 Å². The zero-order chi connectivity index (χ0) is 19.0. The molecule has 0 unspecified atom stereocenters. The lowest BCUT2D eigenvalue weighted by atomic mass is 10.3. The maximum Gasteiger partial charge on any atom is 0.246 e. The molecule has 0 radical (unpaired) electrons. The summed E-state index contributed by atoms with van der Waals surface area (Å²) in [5.74, 6) is -1.88. The second-order valence-corrected chi connectivity index (χ2v) is 9.01. The van der Waals surface area contributed by atoms with Crippen LogP contribution in [0.3, 0.4) is 0 Å². The highest BCUT2D eigenvalue weighted by atomic mass is 32.2. The van der Waals surface area contributed by atoms with Crippen LogP contribution in [0.2, 0.25) is 0 Å². The van der Waals surface area contributed by atoms with Crippen LogP contribution in [0.5, 0.6) is 0 Å². The molecule has 0 bridgehead atoms. The first kappa shape index (κ1) is 18.2. The van der Waals surface area contributed by atoms with Crippen molar-refractivity contribution in [2.75, 3.05) is 31.1 Å². The van der Waals surface area contributed by atoms with Crippen molar-refractivity contribution in [1.82, 2.24) is 14.3 Å². The third-order valence-electron chi connectivity index (χ3n) is 4.39. The van der Waals surface area contributed by atoms with Gasteiger partial charge < -0.3 is 4.90 Å². The minimum atomic E-state index is -4.03. The highest BCUT2D eigenvalue weighted by molar-refractivity contribution is 7.89. The number of aromatic nitrogens is 2.